The number of benzene rings is 1. The molecule has 1 heterocycles. The Morgan fingerprint density at radius 2 is 2.17 bits per heavy atom. The number of nitrogen functional groups attached to an aromatic ring is 1. The lowest BCUT2D eigenvalue weighted by Crippen LogP contribution is -2.49. The molecule has 1 aliphatic heterocycles. The van der Waals surface area contributed by atoms with Crippen LogP contribution in [0.1, 0.15) is 5.56 Å². The molecule has 6 heteroatoms. The van der Waals surface area contributed by atoms with Gasteiger partial charge in [0.2, 0.25) is 5.91 Å². The average Bonchev–Trinajstić information content (AvgIpc) is 2.33. The number of halogens is 1. The van der Waals surface area contributed by atoms with E-state index in [4.69, 9.17) is 22.6 Å². The normalized spacial score (nSPS) is 16.7. The zero-order valence-electron chi connectivity index (χ0n) is 9.98. The van der Waals surface area contributed by atoms with Crippen LogP contribution in [-0.4, -0.2) is 37.5 Å². The van der Waals surface area contributed by atoms with E-state index in [0.29, 0.717) is 35.1 Å². The van der Waals surface area contributed by atoms with E-state index in [-0.39, 0.29) is 5.91 Å². The number of nitriles is 1. The third-order valence-electron chi connectivity index (χ3n) is 2.91. The third kappa shape index (κ3) is 2.26. The maximum atomic E-state index is 12.0. The van der Waals surface area contributed by atoms with Crippen molar-refractivity contribution in [2.75, 3.05) is 37.3 Å². The summed E-state index contributed by atoms with van der Waals surface area (Å²) < 4.78 is 0. The van der Waals surface area contributed by atoms with Crippen molar-refractivity contribution < 1.29 is 4.79 Å². The summed E-state index contributed by atoms with van der Waals surface area (Å²) in [5.41, 5.74) is 6.98. The van der Waals surface area contributed by atoms with Crippen LogP contribution in [0.3, 0.4) is 0 Å². The molecule has 0 saturated carbocycles. The Morgan fingerprint density at radius 1 is 1.44 bits per heavy atom. The third-order valence-corrected chi connectivity index (χ3v) is 3.32. The van der Waals surface area contributed by atoms with Gasteiger partial charge in [0.15, 0.2) is 0 Å². The molecule has 5 nitrogen and oxygen atoms in total. The molecular weight excluding hydrogens is 252 g/mol. The van der Waals surface area contributed by atoms with E-state index in [9.17, 15) is 4.79 Å². The van der Waals surface area contributed by atoms with Gasteiger partial charge >= 0.3 is 0 Å². The van der Waals surface area contributed by atoms with E-state index < -0.39 is 0 Å². The predicted molar refractivity (Wildman–Crippen MR) is 70.4 cm³/mol. The average molecular weight is 265 g/mol. The van der Waals surface area contributed by atoms with E-state index in [1.807, 2.05) is 18.0 Å². The molecule has 1 saturated heterocycles. The van der Waals surface area contributed by atoms with E-state index in [2.05, 4.69) is 0 Å². The van der Waals surface area contributed by atoms with Crippen molar-refractivity contribution in [1.29, 1.82) is 5.26 Å². The number of piperazine rings is 1. The molecule has 0 atom stereocenters. The summed E-state index contributed by atoms with van der Waals surface area (Å²) in [7, 11) is 1.89. The number of hydrogen-bond acceptors (Lipinski definition) is 4. The highest BCUT2D eigenvalue weighted by atomic mass is 35.5. The largest absolute Gasteiger partial charge is 0.397 e. The molecule has 1 aromatic carbocycles. The Kier molecular flexibility index (Phi) is 3.41. The monoisotopic (exact) mass is 264 g/mol. The first-order chi connectivity index (χ1) is 8.52. The predicted octanol–water partition coefficient (Wildman–Crippen LogP) is 1.07. The molecular formula is C12H13ClN4O. The van der Waals surface area contributed by atoms with Crippen molar-refractivity contribution >= 4 is 28.9 Å². The zero-order chi connectivity index (χ0) is 13.3. The summed E-state index contributed by atoms with van der Waals surface area (Å²) in [5, 5.41) is 9.25. The summed E-state index contributed by atoms with van der Waals surface area (Å²) in [6.07, 6.45) is 0. The topological polar surface area (TPSA) is 73.4 Å². The number of rotatable bonds is 1. The van der Waals surface area contributed by atoms with Crippen molar-refractivity contribution in [2.24, 2.45) is 0 Å². The molecule has 0 unspecified atom stereocenters. The molecule has 1 aliphatic rings. The molecule has 1 fully saturated rings. The number of carbonyl (C=O) groups is 1. The second-order valence-corrected chi connectivity index (χ2v) is 4.67. The zero-order valence-corrected chi connectivity index (χ0v) is 10.7. The number of likely N-dealkylation sites (N-methyl/N-ethyl adjacent to an activating group) is 1. The Hall–Kier alpha value is -1.77. The van der Waals surface area contributed by atoms with Gasteiger partial charge in [0.25, 0.3) is 0 Å². The highest BCUT2D eigenvalue weighted by Gasteiger charge is 2.25. The fourth-order valence-corrected chi connectivity index (χ4v) is 2.15. The minimum absolute atomic E-state index is 0.0415. The van der Waals surface area contributed by atoms with Gasteiger partial charge in [-0.3, -0.25) is 9.69 Å². The number of amides is 1. The summed E-state index contributed by atoms with van der Waals surface area (Å²) in [6.45, 7) is 1.65. The van der Waals surface area contributed by atoms with Crippen LogP contribution in [-0.2, 0) is 4.79 Å². The van der Waals surface area contributed by atoms with Crippen LogP contribution in [0.15, 0.2) is 12.1 Å². The second-order valence-electron chi connectivity index (χ2n) is 4.29. The van der Waals surface area contributed by atoms with Gasteiger partial charge in [-0.25, -0.2) is 0 Å². The highest BCUT2D eigenvalue weighted by Crippen LogP contribution is 2.33. The van der Waals surface area contributed by atoms with Crippen LogP contribution < -0.4 is 10.6 Å². The Morgan fingerprint density at radius 3 is 2.78 bits per heavy atom. The van der Waals surface area contributed by atoms with Gasteiger partial charge in [0.05, 0.1) is 34.6 Å². The van der Waals surface area contributed by atoms with E-state index in [1.165, 1.54) is 6.07 Å². The second kappa shape index (κ2) is 4.84. The SMILES string of the molecule is CN1CCN(c2cc(C#N)cc(N)c2Cl)C(=O)C1. The number of nitrogens with zero attached hydrogens (tertiary/aromatic N) is 3. The number of anilines is 2. The van der Waals surface area contributed by atoms with E-state index in [0.717, 1.165) is 6.54 Å². The summed E-state index contributed by atoms with van der Waals surface area (Å²) >= 11 is 6.12. The molecule has 2 N–H and O–H groups in total. The van der Waals surface area contributed by atoms with Gasteiger partial charge < -0.3 is 10.6 Å². The van der Waals surface area contributed by atoms with Crippen molar-refractivity contribution in [3.63, 3.8) is 0 Å². The fraction of sp³-hybridized carbons (Fsp3) is 0.333. The summed E-state index contributed by atoms with van der Waals surface area (Å²) in [6, 6.07) is 5.12. The standard InChI is InChI=1S/C12H13ClN4O/c1-16-2-3-17(11(18)7-16)10-5-8(6-14)4-9(15)12(10)13/h4-5H,2-3,7,15H2,1H3. The van der Waals surface area contributed by atoms with Crippen LogP contribution in [0.25, 0.3) is 0 Å². The molecule has 0 bridgehead atoms. The van der Waals surface area contributed by atoms with E-state index in [1.54, 1.807) is 11.0 Å². The molecule has 0 aromatic heterocycles. The Balaban J connectivity index is 2.42. The molecule has 0 radical (unpaired) electrons. The molecule has 1 amide bonds. The summed E-state index contributed by atoms with van der Waals surface area (Å²) in [5.74, 6) is -0.0415. The molecule has 94 valence electrons. The van der Waals surface area contributed by atoms with Gasteiger partial charge in [0, 0.05) is 13.1 Å². The van der Waals surface area contributed by atoms with Gasteiger partial charge in [-0.15, -0.1) is 0 Å². The lowest BCUT2D eigenvalue weighted by Gasteiger charge is -2.32. The van der Waals surface area contributed by atoms with Gasteiger partial charge in [0.1, 0.15) is 0 Å². The molecule has 18 heavy (non-hydrogen) atoms. The molecule has 0 spiro atoms. The first kappa shape index (κ1) is 12.7. The molecule has 0 aliphatic carbocycles. The van der Waals surface area contributed by atoms with Crippen molar-refractivity contribution in [1.82, 2.24) is 4.90 Å². The molecule has 1 aromatic rings. The van der Waals surface area contributed by atoms with Gasteiger partial charge in [-0.05, 0) is 19.2 Å². The van der Waals surface area contributed by atoms with Crippen LogP contribution >= 0.6 is 11.6 Å². The van der Waals surface area contributed by atoms with Crippen LogP contribution in [0.5, 0.6) is 0 Å². The number of hydrogen-bond donors (Lipinski definition) is 1. The Labute approximate surface area is 110 Å². The van der Waals surface area contributed by atoms with Crippen LogP contribution in [0, 0.1) is 11.3 Å². The van der Waals surface area contributed by atoms with Gasteiger partial charge in [-0.2, -0.15) is 5.26 Å². The lowest BCUT2D eigenvalue weighted by atomic mass is 10.1. The minimum Gasteiger partial charge on any atom is -0.397 e. The van der Waals surface area contributed by atoms with E-state index >= 15 is 0 Å². The smallest absolute Gasteiger partial charge is 0.241 e. The lowest BCUT2D eigenvalue weighted by molar-refractivity contribution is -0.120. The quantitative estimate of drug-likeness (QED) is 0.770. The van der Waals surface area contributed by atoms with Crippen molar-refractivity contribution in [3.8, 4) is 6.07 Å². The first-order valence-corrected chi connectivity index (χ1v) is 5.88. The number of nitrogens with two attached hydrogens (primary N) is 1. The Bertz CT molecular complexity index is 538. The maximum absolute atomic E-state index is 12.0. The van der Waals surface area contributed by atoms with Crippen LogP contribution in [0.4, 0.5) is 11.4 Å². The minimum atomic E-state index is -0.0415. The van der Waals surface area contributed by atoms with Gasteiger partial charge in [-0.1, -0.05) is 11.6 Å². The highest BCUT2D eigenvalue weighted by molar-refractivity contribution is 6.36. The maximum Gasteiger partial charge on any atom is 0.241 e. The summed E-state index contributed by atoms with van der Waals surface area (Å²) in [4.78, 5) is 15.5. The van der Waals surface area contributed by atoms with Crippen molar-refractivity contribution in [2.45, 2.75) is 0 Å². The van der Waals surface area contributed by atoms with Crippen LogP contribution in [0.2, 0.25) is 5.02 Å². The van der Waals surface area contributed by atoms with Crippen molar-refractivity contribution in [3.05, 3.63) is 22.7 Å². The molecule has 2 rings (SSSR count). The number of carbonyl (C=O) groups excluding carboxylic acids is 1. The first-order valence-electron chi connectivity index (χ1n) is 5.51. The fourth-order valence-electron chi connectivity index (χ4n) is 1.94.